The fourth-order valence-electron chi connectivity index (χ4n) is 5.22. The first kappa shape index (κ1) is 23.8. The number of carbonyl (C=O) groups excluding carboxylic acids is 1. The number of carbonyl (C=O) groups is 1. The van der Waals surface area contributed by atoms with Crippen LogP contribution in [0.3, 0.4) is 0 Å². The largest absolute Gasteiger partial charge is 0.453 e. The number of nitrogens with two attached hydrogens (primary N) is 1. The van der Waals surface area contributed by atoms with Gasteiger partial charge >= 0.3 is 0 Å². The minimum Gasteiger partial charge on any atom is -0.453 e. The van der Waals surface area contributed by atoms with Gasteiger partial charge in [-0.3, -0.25) is 4.79 Å². The van der Waals surface area contributed by atoms with Gasteiger partial charge in [-0.2, -0.15) is 5.10 Å². The van der Waals surface area contributed by atoms with Crippen LogP contribution in [0.1, 0.15) is 31.4 Å². The predicted molar refractivity (Wildman–Crippen MR) is 145 cm³/mol. The van der Waals surface area contributed by atoms with E-state index < -0.39 is 0 Å². The van der Waals surface area contributed by atoms with Gasteiger partial charge in [0.05, 0.1) is 23.5 Å². The smallest absolute Gasteiger partial charge is 0.231 e. The predicted octanol–water partition coefficient (Wildman–Crippen LogP) is 4.16. The third-order valence-corrected chi connectivity index (χ3v) is 6.91. The van der Waals surface area contributed by atoms with Crippen molar-refractivity contribution in [2.75, 3.05) is 30.9 Å². The Morgan fingerprint density at radius 1 is 1.16 bits per heavy atom. The number of aromatic nitrogens is 4. The van der Waals surface area contributed by atoms with Crippen LogP contribution < -0.4 is 20.5 Å². The molecule has 0 radical (unpaired) electrons. The van der Waals surface area contributed by atoms with Crippen LogP contribution in [0.4, 0.5) is 11.5 Å². The number of fused-ring (bicyclic) bond motifs is 2. The lowest BCUT2D eigenvalue weighted by molar-refractivity contribution is -0.115. The Kier molecular flexibility index (Phi) is 6.28. The zero-order chi connectivity index (χ0) is 26.1. The van der Waals surface area contributed by atoms with Crippen molar-refractivity contribution in [3.8, 4) is 22.8 Å². The van der Waals surface area contributed by atoms with Crippen LogP contribution in [0.15, 0.2) is 61.1 Å². The van der Waals surface area contributed by atoms with E-state index >= 15 is 0 Å². The molecular formula is C28H29N7O3. The molecule has 4 aromatic rings. The zero-order valence-electron chi connectivity index (χ0n) is 21.1. The summed E-state index contributed by atoms with van der Waals surface area (Å²) in [5.74, 6) is 1.19. The summed E-state index contributed by atoms with van der Waals surface area (Å²) in [4.78, 5) is 23.9. The Morgan fingerprint density at radius 3 is 2.84 bits per heavy atom. The Morgan fingerprint density at radius 2 is 2.00 bits per heavy atom. The summed E-state index contributed by atoms with van der Waals surface area (Å²) in [5, 5.41) is 8.66. The van der Waals surface area contributed by atoms with Gasteiger partial charge in [0.2, 0.25) is 12.7 Å². The van der Waals surface area contributed by atoms with E-state index in [1.54, 1.807) is 0 Å². The lowest BCUT2D eigenvalue weighted by atomic mass is 10.1. The van der Waals surface area contributed by atoms with Crippen LogP contribution in [-0.2, 0) is 11.2 Å². The first-order valence-electron chi connectivity index (χ1n) is 12.7. The number of benzene rings is 2. The van der Waals surface area contributed by atoms with Crippen LogP contribution in [0.2, 0.25) is 0 Å². The summed E-state index contributed by atoms with van der Waals surface area (Å²) < 4.78 is 13.7. The van der Waals surface area contributed by atoms with Crippen LogP contribution in [-0.4, -0.2) is 50.4 Å². The summed E-state index contributed by atoms with van der Waals surface area (Å²) in [7, 11) is 0. The molecule has 0 bridgehead atoms. The van der Waals surface area contributed by atoms with E-state index in [-0.39, 0.29) is 25.2 Å². The maximum atomic E-state index is 12.7. The molecule has 10 nitrogen and oxygen atoms in total. The molecule has 6 rings (SSSR count). The molecule has 1 amide bonds. The van der Waals surface area contributed by atoms with E-state index in [1.165, 1.54) is 6.33 Å². The number of anilines is 2. The highest BCUT2D eigenvalue weighted by molar-refractivity contribution is 6.01. The Hall–Kier alpha value is -4.60. The Bertz CT molecular complexity index is 1520. The summed E-state index contributed by atoms with van der Waals surface area (Å²) in [6.45, 7) is 3.91. The number of hydrogen-bond donors (Lipinski definition) is 2. The van der Waals surface area contributed by atoms with E-state index in [9.17, 15) is 4.79 Å². The first-order chi connectivity index (χ1) is 18.6. The van der Waals surface area contributed by atoms with E-state index in [4.69, 9.17) is 20.3 Å². The quantitative estimate of drug-likeness (QED) is 0.396. The lowest BCUT2D eigenvalue weighted by Gasteiger charge is -2.32. The number of nitrogens with one attached hydrogen (secondary N) is 1. The Balaban J connectivity index is 1.37. The average molecular weight is 512 g/mol. The van der Waals surface area contributed by atoms with Crippen molar-refractivity contribution in [1.29, 1.82) is 0 Å². The highest BCUT2D eigenvalue weighted by Gasteiger charge is 2.30. The van der Waals surface area contributed by atoms with Crippen LogP contribution in [0.25, 0.3) is 22.3 Å². The number of amides is 1. The van der Waals surface area contributed by atoms with Crippen molar-refractivity contribution in [2.24, 2.45) is 0 Å². The van der Waals surface area contributed by atoms with Gasteiger partial charge in [-0.05, 0) is 43.7 Å². The summed E-state index contributed by atoms with van der Waals surface area (Å²) in [6.07, 6.45) is 7.93. The molecule has 4 heterocycles. The molecule has 2 aromatic heterocycles. The fraction of sp³-hybridized carbons (Fsp3) is 0.286. The van der Waals surface area contributed by atoms with Crippen LogP contribution >= 0.6 is 0 Å². The molecule has 10 heteroatoms. The SMILES string of the molecule is CC=CN1CCC[C@@H](n2nc(-c3ccc(NC(=O)Cc4ccccc4)c4c3OCO4)c3c(N)ncnc32)C1. The molecule has 0 saturated carbocycles. The topological polar surface area (TPSA) is 120 Å². The number of likely N-dealkylation sites (tertiary alicyclic amines) is 1. The number of nitrogens with zero attached hydrogens (tertiary/aromatic N) is 5. The highest BCUT2D eigenvalue weighted by Crippen LogP contribution is 2.48. The normalized spacial score (nSPS) is 16.9. The van der Waals surface area contributed by atoms with Gasteiger partial charge in [-0.15, -0.1) is 0 Å². The van der Waals surface area contributed by atoms with Crippen molar-refractivity contribution in [3.05, 3.63) is 66.6 Å². The second-order valence-corrected chi connectivity index (χ2v) is 9.46. The molecule has 194 valence electrons. The first-order valence-corrected chi connectivity index (χ1v) is 12.7. The van der Waals surface area contributed by atoms with Crippen molar-refractivity contribution >= 4 is 28.4 Å². The van der Waals surface area contributed by atoms with Crippen molar-refractivity contribution in [3.63, 3.8) is 0 Å². The van der Waals surface area contributed by atoms with Crippen LogP contribution in [0, 0.1) is 0 Å². The molecule has 38 heavy (non-hydrogen) atoms. The molecule has 1 fully saturated rings. The van der Waals surface area contributed by atoms with Crippen molar-refractivity contribution in [1.82, 2.24) is 24.6 Å². The van der Waals surface area contributed by atoms with Gasteiger partial charge in [0.25, 0.3) is 0 Å². The second-order valence-electron chi connectivity index (χ2n) is 9.46. The molecule has 2 aliphatic heterocycles. The van der Waals surface area contributed by atoms with Crippen molar-refractivity contribution in [2.45, 2.75) is 32.2 Å². The molecule has 2 aliphatic rings. The number of allylic oxidation sites excluding steroid dienone is 1. The number of piperidine rings is 1. The van der Waals surface area contributed by atoms with Gasteiger partial charge in [-0.25, -0.2) is 14.6 Å². The summed E-state index contributed by atoms with van der Waals surface area (Å²) in [6, 6.07) is 13.4. The number of hydrogen-bond acceptors (Lipinski definition) is 8. The van der Waals surface area contributed by atoms with Gasteiger partial charge < -0.3 is 25.4 Å². The minimum absolute atomic E-state index is 0.0411. The number of rotatable bonds is 6. The third-order valence-electron chi connectivity index (χ3n) is 6.91. The van der Waals surface area contributed by atoms with Gasteiger partial charge in [-0.1, -0.05) is 36.4 Å². The maximum absolute atomic E-state index is 12.7. The minimum atomic E-state index is -0.142. The molecule has 2 aromatic carbocycles. The standard InChI is InChI=1S/C28H29N7O3/c1-2-12-34-13-6-9-19(15-34)35-28-23(27(29)30-16-31-28)24(33-35)20-10-11-21(26-25(20)37-17-38-26)32-22(36)14-18-7-4-3-5-8-18/h2-5,7-8,10-12,16,19H,6,9,13-15,17H2,1H3,(H,32,36)(H2,29,30,31)/t19-/m1/s1. The van der Waals surface area contributed by atoms with E-state index in [0.29, 0.717) is 45.3 Å². The fourth-order valence-corrected chi connectivity index (χ4v) is 5.22. The average Bonchev–Trinajstić information content (AvgIpc) is 3.57. The summed E-state index contributed by atoms with van der Waals surface area (Å²) >= 11 is 0. The van der Waals surface area contributed by atoms with Gasteiger partial charge in [0.15, 0.2) is 17.1 Å². The van der Waals surface area contributed by atoms with Gasteiger partial charge in [0.1, 0.15) is 17.8 Å². The highest BCUT2D eigenvalue weighted by atomic mass is 16.7. The number of ether oxygens (including phenoxy) is 2. The Labute approximate surface area is 220 Å². The second kappa shape index (κ2) is 10.0. The summed E-state index contributed by atoms with van der Waals surface area (Å²) in [5.41, 5.74) is 9.88. The van der Waals surface area contributed by atoms with Crippen molar-refractivity contribution < 1.29 is 14.3 Å². The molecule has 0 spiro atoms. The molecule has 0 aliphatic carbocycles. The van der Waals surface area contributed by atoms with Gasteiger partial charge in [0, 0.05) is 18.7 Å². The molecule has 1 saturated heterocycles. The molecule has 3 N–H and O–H groups in total. The zero-order valence-corrected chi connectivity index (χ0v) is 21.1. The van der Waals surface area contributed by atoms with E-state index in [0.717, 1.165) is 31.5 Å². The lowest BCUT2D eigenvalue weighted by Crippen LogP contribution is -2.33. The number of nitrogen functional groups attached to an aromatic ring is 1. The third kappa shape index (κ3) is 4.38. The molecular weight excluding hydrogens is 482 g/mol. The monoisotopic (exact) mass is 511 g/mol. The molecule has 1 atom stereocenters. The molecule has 0 unspecified atom stereocenters. The van der Waals surface area contributed by atoms with Crippen LogP contribution in [0.5, 0.6) is 11.5 Å². The van der Waals surface area contributed by atoms with E-state index in [1.807, 2.05) is 54.1 Å². The maximum Gasteiger partial charge on any atom is 0.231 e. The van der Waals surface area contributed by atoms with E-state index in [2.05, 4.69) is 32.5 Å².